The van der Waals surface area contributed by atoms with Crippen LogP contribution in [0.5, 0.6) is 0 Å². The van der Waals surface area contributed by atoms with Crippen LogP contribution in [0.25, 0.3) is 0 Å². The van der Waals surface area contributed by atoms with E-state index in [4.69, 9.17) is 0 Å². The van der Waals surface area contributed by atoms with E-state index in [1.807, 2.05) is 32.9 Å². The van der Waals surface area contributed by atoms with E-state index < -0.39 is 0 Å². The van der Waals surface area contributed by atoms with E-state index in [9.17, 15) is 8.78 Å². The highest BCUT2D eigenvalue weighted by atomic mass is 19.1. The first-order valence-corrected chi connectivity index (χ1v) is 7.27. The average Bonchev–Trinajstić information content (AvgIpc) is 2.40. The van der Waals surface area contributed by atoms with Gasteiger partial charge in [-0.3, -0.25) is 0 Å². The van der Waals surface area contributed by atoms with Gasteiger partial charge in [-0.25, -0.2) is 8.78 Å². The van der Waals surface area contributed by atoms with Crippen molar-refractivity contribution in [1.82, 2.24) is 5.32 Å². The second kappa shape index (κ2) is 6.81. The van der Waals surface area contributed by atoms with Crippen LogP contribution < -0.4 is 5.32 Å². The van der Waals surface area contributed by atoms with Crippen LogP contribution >= 0.6 is 0 Å². The van der Waals surface area contributed by atoms with E-state index in [0.717, 1.165) is 29.7 Å². The summed E-state index contributed by atoms with van der Waals surface area (Å²) in [5.41, 5.74) is 3.02. The Morgan fingerprint density at radius 1 is 1.00 bits per heavy atom. The lowest BCUT2D eigenvalue weighted by Crippen LogP contribution is -2.24. The third kappa shape index (κ3) is 3.88. The molecule has 0 amide bonds. The average molecular weight is 289 g/mol. The normalized spacial score (nSPS) is 12.4. The number of halogens is 2. The summed E-state index contributed by atoms with van der Waals surface area (Å²) in [5, 5.41) is 3.31. The molecule has 2 aromatic rings. The molecule has 1 nitrogen and oxygen atoms in total. The predicted octanol–water partition coefficient (Wildman–Crippen LogP) is 4.67. The molecule has 0 aromatic heterocycles. The van der Waals surface area contributed by atoms with Crippen molar-refractivity contribution in [3.8, 4) is 0 Å². The highest BCUT2D eigenvalue weighted by molar-refractivity contribution is 5.36. The fraction of sp³-hybridized carbons (Fsp3) is 0.333. The lowest BCUT2D eigenvalue weighted by Gasteiger charge is -2.21. The molecular weight excluding hydrogens is 268 g/mol. The van der Waals surface area contributed by atoms with Crippen LogP contribution in [0.3, 0.4) is 0 Å². The van der Waals surface area contributed by atoms with Gasteiger partial charge in [0, 0.05) is 5.56 Å². The van der Waals surface area contributed by atoms with Gasteiger partial charge in [-0.2, -0.15) is 0 Å². The van der Waals surface area contributed by atoms with E-state index >= 15 is 0 Å². The van der Waals surface area contributed by atoms with Gasteiger partial charge in [-0.15, -0.1) is 0 Å². The van der Waals surface area contributed by atoms with Crippen molar-refractivity contribution in [2.45, 2.75) is 33.2 Å². The standard InChI is InChI=1S/C18H21F2N/c1-4-7-21-18(14-8-13(3)9-15(19)11-14)16-6-5-12(2)10-17(16)20/h5-6,8-11,18,21H,4,7H2,1-3H3. The maximum absolute atomic E-state index is 14.3. The lowest BCUT2D eigenvalue weighted by molar-refractivity contribution is 0.542. The molecule has 0 saturated heterocycles. The first-order chi connectivity index (χ1) is 10.0. The van der Waals surface area contributed by atoms with E-state index in [1.54, 1.807) is 6.07 Å². The number of hydrogen-bond acceptors (Lipinski definition) is 1. The highest BCUT2D eigenvalue weighted by Crippen LogP contribution is 2.26. The van der Waals surface area contributed by atoms with Crippen LogP contribution in [0, 0.1) is 25.5 Å². The SMILES string of the molecule is CCCNC(c1cc(C)cc(F)c1)c1ccc(C)cc1F. The van der Waals surface area contributed by atoms with Crippen molar-refractivity contribution in [3.63, 3.8) is 0 Å². The molecule has 112 valence electrons. The predicted molar refractivity (Wildman–Crippen MR) is 82.4 cm³/mol. The molecule has 2 aromatic carbocycles. The lowest BCUT2D eigenvalue weighted by atomic mass is 9.95. The maximum atomic E-state index is 14.3. The van der Waals surface area contributed by atoms with Crippen LogP contribution in [-0.2, 0) is 0 Å². The van der Waals surface area contributed by atoms with Crippen LogP contribution in [0.4, 0.5) is 8.78 Å². The number of aryl methyl sites for hydroxylation is 2. The van der Waals surface area contributed by atoms with Gasteiger partial charge in [0.25, 0.3) is 0 Å². The van der Waals surface area contributed by atoms with Crippen molar-refractivity contribution in [2.75, 3.05) is 6.54 Å². The zero-order valence-electron chi connectivity index (χ0n) is 12.7. The molecule has 21 heavy (non-hydrogen) atoms. The molecule has 0 aliphatic heterocycles. The molecule has 1 N–H and O–H groups in total. The number of hydrogen-bond donors (Lipinski definition) is 1. The van der Waals surface area contributed by atoms with E-state index in [1.165, 1.54) is 18.2 Å². The minimum absolute atomic E-state index is 0.259. The molecule has 0 radical (unpaired) electrons. The topological polar surface area (TPSA) is 12.0 Å². The van der Waals surface area contributed by atoms with Crippen LogP contribution in [-0.4, -0.2) is 6.54 Å². The summed E-state index contributed by atoms with van der Waals surface area (Å²) < 4.78 is 28.0. The molecule has 0 aliphatic carbocycles. The minimum Gasteiger partial charge on any atom is -0.306 e. The monoisotopic (exact) mass is 289 g/mol. The van der Waals surface area contributed by atoms with Crippen molar-refractivity contribution in [2.24, 2.45) is 0 Å². The Morgan fingerprint density at radius 2 is 1.76 bits per heavy atom. The van der Waals surface area contributed by atoms with Gasteiger partial charge in [0.1, 0.15) is 11.6 Å². The van der Waals surface area contributed by atoms with E-state index in [2.05, 4.69) is 5.32 Å². The smallest absolute Gasteiger partial charge is 0.128 e. The maximum Gasteiger partial charge on any atom is 0.128 e. The highest BCUT2D eigenvalue weighted by Gasteiger charge is 2.18. The van der Waals surface area contributed by atoms with Crippen molar-refractivity contribution in [3.05, 3.63) is 70.3 Å². The van der Waals surface area contributed by atoms with Crippen LogP contribution in [0.2, 0.25) is 0 Å². The molecule has 0 heterocycles. The number of nitrogens with one attached hydrogen (secondary N) is 1. The number of rotatable bonds is 5. The van der Waals surface area contributed by atoms with Gasteiger partial charge in [0.2, 0.25) is 0 Å². The van der Waals surface area contributed by atoms with Crippen molar-refractivity contribution in [1.29, 1.82) is 0 Å². The molecular formula is C18H21F2N. The van der Waals surface area contributed by atoms with Gasteiger partial charge < -0.3 is 5.32 Å². The Balaban J connectivity index is 2.46. The molecule has 0 spiro atoms. The molecule has 0 saturated carbocycles. The van der Waals surface area contributed by atoms with Crippen LogP contribution in [0.1, 0.15) is 41.6 Å². The summed E-state index contributed by atoms with van der Waals surface area (Å²) in [6.45, 7) is 6.49. The molecule has 3 heteroatoms. The summed E-state index contributed by atoms with van der Waals surface area (Å²) in [6, 6.07) is 9.69. The molecule has 0 aliphatic rings. The minimum atomic E-state index is -0.333. The van der Waals surface area contributed by atoms with E-state index in [-0.39, 0.29) is 17.7 Å². The third-order valence-electron chi connectivity index (χ3n) is 3.46. The first kappa shape index (κ1) is 15.6. The Kier molecular flexibility index (Phi) is 5.07. The Morgan fingerprint density at radius 3 is 2.38 bits per heavy atom. The summed E-state index contributed by atoms with van der Waals surface area (Å²) in [6.07, 6.45) is 0.929. The molecule has 1 unspecified atom stereocenters. The van der Waals surface area contributed by atoms with Gasteiger partial charge in [0.05, 0.1) is 6.04 Å². The van der Waals surface area contributed by atoms with Gasteiger partial charge in [0.15, 0.2) is 0 Å². The summed E-state index contributed by atoms with van der Waals surface area (Å²) in [5.74, 6) is -0.550. The molecule has 0 fully saturated rings. The Labute approximate surface area is 125 Å². The summed E-state index contributed by atoms with van der Waals surface area (Å²) in [4.78, 5) is 0. The largest absolute Gasteiger partial charge is 0.306 e. The van der Waals surface area contributed by atoms with Crippen molar-refractivity contribution >= 4 is 0 Å². The Bertz CT molecular complexity index is 602. The van der Waals surface area contributed by atoms with Gasteiger partial charge >= 0.3 is 0 Å². The zero-order chi connectivity index (χ0) is 15.4. The van der Waals surface area contributed by atoms with Crippen LogP contribution in [0.15, 0.2) is 36.4 Å². The summed E-state index contributed by atoms with van der Waals surface area (Å²) in [7, 11) is 0. The fourth-order valence-corrected chi connectivity index (χ4v) is 2.49. The first-order valence-electron chi connectivity index (χ1n) is 7.27. The number of benzene rings is 2. The molecule has 1 atom stereocenters. The molecule has 0 bridgehead atoms. The quantitative estimate of drug-likeness (QED) is 0.843. The molecule has 2 rings (SSSR count). The second-order valence-corrected chi connectivity index (χ2v) is 5.47. The van der Waals surface area contributed by atoms with Gasteiger partial charge in [-0.1, -0.05) is 25.1 Å². The van der Waals surface area contributed by atoms with Gasteiger partial charge in [-0.05, 0) is 61.7 Å². The second-order valence-electron chi connectivity index (χ2n) is 5.47. The zero-order valence-corrected chi connectivity index (χ0v) is 12.7. The third-order valence-corrected chi connectivity index (χ3v) is 3.46. The summed E-state index contributed by atoms with van der Waals surface area (Å²) >= 11 is 0. The van der Waals surface area contributed by atoms with Crippen molar-refractivity contribution < 1.29 is 8.78 Å². The fourth-order valence-electron chi connectivity index (χ4n) is 2.49. The Hall–Kier alpha value is -1.74. The van der Waals surface area contributed by atoms with E-state index in [0.29, 0.717) is 5.56 Å².